The van der Waals surface area contributed by atoms with Crippen LogP contribution in [0.5, 0.6) is 0 Å². The lowest BCUT2D eigenvalue weighted by Gasteiger charge is -2.20. The van der Waals surface area contributed by atoms with Gasteiger partial charge in [-0.15, -0.1) is 0 Å². The molecular weight excluding hydrogens is 385 g/mol. The van der Waals surface area contributed by atoms with Gasteiger partial charge in [-0.3, -0.25) is 20.4 Å². The molecule has 3 N–H and O–H groups in total. The van der Waals surface area contributed by atoms with E-state index in [-0.39, 0.29) is 16.9 Å². The summed E-state index contributed by atoms with van der Waals surface area (Å²) in [5, 5.41) is 0. The molecule has 0 heterocycles. The topological polar surface area (TPSA) is 104 Å². The van der Waals surface area contributed by atoms with Gasteiger partial charge in [0, 0.05) is 11.1 Å². The maximum Gasteiger partial charge on any atom is 0.269 e. The van der Waals surface area contributed by atoms with Crippen LogP contribution in [0.25, 0.3) is 0 Å². The highest BCUT2D eigenvalue weighted by atomic mass is 32.2. The summed E-state index contributed by atoms with van der Waals surface area (Å²) in [6.45, 7) is 5.12. The molecular formula is C19H22FN3O4S. The van der Waals surface area contributed by atoms with Crippen molar-refractivity contribution in [3.05, 3.63) is 65.5 Å². The molecule has 0 saturated heterocycles. The van der Waals surface area contributed by atoms with E-state index in [9.17, 15) is 22.4 Å². The summed E-state index contributed by atoms with van der Waals surface area (Å²) >= 11 is 0. The van der Waals surface area contributed by atoms with Gasteiger partial charge in [0.05, 0.1) is 11.3 Å². The first kappa shape index (κ1) is 21.5. The third-order valence-corrected chi connectivity index (χ3v) is 5.20. The number of benzene rings is 2. The first-order valence-electron chi connectivity index (χ1n) is 8.44. The lowest BCUT2D eigenvalue weighted by molar-refractivity contribution is -0.121. The Hall–Kier alpha value is -2.78. The predicted molar refractivity (Wildman–Crippen MR) is 102 cm³/mol. The Labute approximate surface area is 163 Å². The summed E-state index contributed by atoms with van der Waals surface area (Å²) in [5.41, 5.74) is 4.44. The van der Waals surface area contributed by atoms with E-state index in [0.29, 0.717) is 5.56 Å². The number of rotatable bonds is 5. The van der Waals surface area contributed by atoms with Crippen LogP contribution >= 0.6 is 0 Å². The molecule has 0 aliphatic heterocycles. The highest BCUT2D eigenvalue weighted by molar-refractivity contribution is 7.89. The zero-order chi connectivity index (χ0) is 20.9. The van der Waals surface area contributed by atoms with Crippen molar-refractivity contribution in [1.82, 2.24) is 15.6 Å². The molecule has 2 aromatic rings. The summed E-state index contributed by atoms with van der Waals surface area (Å²) in [5.74, 6) is -1.58. The average molecular weight is 407 g/mol. The molecule has 0 radical (unpaired) electrons. The predicted octanol–water partition coefficient (Wildman–Crippen LogP) is 1.91. The molecule has 9 heteroatoms. The molecule has 0 unspecified atom stereocenters. The lowest BCUT2D eigenvalue weighted by Crippen LogP contribution is -2.42. The molecule has 0 aromatic heterocycles. The van der Waals surface area contributed by atoms with Gasteiger partial charge >= 0.3 is 0 Å². The highest BCUT2D eigenvalue weighted by Crippen LogP contribution is 2.14. The Kier molecular flexibility index (Phi) is 6.52. The van der Waals surface area contributed by atoms with Crippen molar-refractivity contribution in [3.8, 4) is 0 Å². The number of carbonyl (C=O) groups excluding carboxylic acids is 2. The summed E-state index contributed by atoms with van der Waals surface area (Å²) in [6.07, 6.45) is -0.0511. The molecule has 2 amide bonds. The van der Waals surface area contributed by atoms with Crippen molar-refractivity contribution in [2.24, 2.45) is 0 Å². The first-order valence-corrected chi connectivity index (χ1v) is 9.92. The van der Waals surface area contributed by atoms with E-state index in [0.717, 1.165) is 0 Å². The molecule has 0 spiro atoms. The number of sulfonamides is 1. The van der Waals surface area contributed by atoms with Crippen molar-refractivity contribution >= 4 is 21.8 Å². The SMILES string of the molecule is CC(C)(C)NS(=O)(=O)c1cccc(C(=O)NNC(=O)Cc2ccc(F)cc2)c1. The standard InChI is InChI=1S/C19H22FN3O4S/c1-19(2,3)23-28(26,27)16-6-4-5-14(12-16)18(25)22-21-17(24)11-13-7-9-15(20)10-8-13/h4-10,12,23H,11H2,1-3H3,(H,21,24)(H,22,25). The quantitative estimate of drug-likeness (QED) is 0.659. The third kappa shape index (κ3) is 6.43. The van der Waals surface area contributed by atoms with E-state index in [1.165, 1.54) is 48.5 Å². The Balaban J connectivity index is 2.01. The van der Waals surface area contributed by atoms with Crippen LogP contribution in [-0.2, 0) is 21.2 Å². The minimum atomic E-state index is -3.80. The molecule has 0 fully saturated rings. The Morgan fingerprint density at radius 2 is 1.64 bits per heavy atom. The van der Waals surface area contributed by atoms with Gasteiger partial charge in [0.15, 0.2) is 0 Å². The van der Waals surface area contributed by atoms with Crippen LogP contribution in [0, 0.1) is 5.82 Å². The molecule has 0 saturated carbocycles. The van der Waals surface area contributed by atoms with E-state index in [1.54, 1.807) is 20.8 Å². The van der Waals surface area contributed by atoms with Crippen LogP contribution in [0.2, 0.25) is 0 Å². The highest BCUT2D eigenvalue weighted by Gasteiger charge is 2.22. The van der Waals surface area contributed by atoms with Gasteiger partial charge < -0.3 is 0 Å². The number of halogens is 1. The van der Waals surface area contributed by atoms with Gasteiger partial charge in [0.2, 0.25) is 15.9 Å². The van der Waals surface area contributed by atoms with Crippen molar-refractivity contribution in [2.75, 3.05) is 0 Å². The van der Waals surface area contributed by atoms with Crippen LogP contribution in [0.1, 0.15) is 36.7 Å². The molecule has 2 rings (SSSR count). The Morgan fingerprint density at radius 3 is 2.25 bits per heavy atom. The van der Waals surface area contributed by atoms with Crippen molar-refractivity contribution in [2.45, 2.75) is 37.6 Å². The minimum Gasteiger partial charge on any atom is -0.273 e. The number of nitrogens with one attached hydrogen (secondary N) is 3. The van der Waals surface area contributed by atoms with Crippen molar-refractivity contribution < 1.29 is 22.4 Å². The van der Waals surface area contributed by atoms with E-state index in [2.05, 4.69) is 15.6 Å². The van der Waals surface area contributed by atoms with Gasteiger partial charge in [0.25, 0.3) is 5.91 Å². The van der Waals surface area contributed by atoms with Gasteiger partial charge in [0.1, 0.15) is 5.82 Å². The van der Waals surface area contributed by atoms with Crippen molar-refractivity contribution in [3.63, 3.8) is 0 Å². The molecule has 0 aliphatic rings. The number of amides is 2. The van der Waals surface area contributed by atoms with Crippen LogP contribution in [0.15, 0.2) is 53.4 Å². The molecule has 150 valence electrons. The normalized spacial score (nSPS) is 11.7. The fourth-order valence-electron chi connectivity index (χ4n) is 2.30. The number of hydrogen-bond donors (Lipinski definition) is 3. The maximum atomic E-state index is 12.9. The number of carbonyl (C=O) groups is 2. The van der Waals surface area contributed by atoms with E-state index >= 15 is 0 Å². The summed E-state index contributed by atoms with van der Waals surface area (Å²) in [4.78, 5) is 24.0. The summed E-state index contributed by atoms with van der Waals surface area (Å²) in [6, 6.07) is 10.9. The first-order chi connectivity index (χ1) is 13.0. The molecule has 28 heavy (non-hydrogen) atoms. The van der Waals surface area contributed by atoms with Crippen LogP contribution in [-0.4, -0.2) is 25.8 Å². The second kappa shape index (κ2) is 8.49. The van der Waals surface area contributed by atoms with Crippen molar-refractivity contribution in [1.29, 1.82) is 0 Å². The van der Waals surface area contributed by atoms with E-state index in [1.807, 2.05) is 0 Å². The fraction of sp³-hybridized carbons (Fsp3) is 0.263. The minimum absolute atomic E-state index is 0.0511. The molecule has 0 aliphatic carbocycles. The number of hydrazine groups is 1. The Morgan fingerprint density at radius 1 is 1.00 bits per heavy atom. The number of hydrogen-bond acceptors (Lipinski definition) is 4. The Bertz CT molecular complexity index is 967. The molecule has 0 atom stereocenters. The monoisotopic (exact) mass is 407 g/mol. The second-order valence-electron chi connectivity index (χ2n) is 7.19. The van der Waals surface area contributed by atoms with Gasteiger partial charge in [-0.1, -0.05) is 18.2 Å². The average Bonchev–Trinajstić information content (AvgIpc) is 2.60. The zero-order valence-electron chi connectivity index (χ0n) is 15.7. The van der Waals surface area contributed by atoms with Gasteiger partial charge in [-0.2, -0.15) is 0 Å². The summed E-state index contributed by atoms with van der Waals surface area (Å²) < 4.78 is 40.1. The lowest BCUT2D eigenvalue weighted by atomic mass is 10.1. The third-order valence-electron chi connectivity index (χ3n) is 3.44. The second-order valence-corrected chi connectivity index (χ2v) is 8.87. The molecule has 2 aromatic carbocycles. The largest absolute Gasteiger partial charge is 0.273 e. The van der Waals surface area contributed by atoms with E-state index < -0.39 is 33.2 Å². The fourth-order valence-corrected chi connectivity index (χ4v) is 3.76. The molecule has 0 bridgehead atoms. The van der Waals surface area contributed by atoms with Gasteiger partial charge in [-0.05, 0) is 56.7 Å². The van der Waals surface area contributed by atoms with Crippen LogP contribution < -0.4 is 15.6 Å². The smallest absolute Gasteiger partial charge is 0.269 e. The van der Waals surface area contributed by atoms with Crippen LogP contribution in [0.4, 0.5) is 4.39 Å². The maximum absolute atomic E-state index is 12.9. The zero-order valence-corrected chi connectivity index (χ0v) is 16.6. The summed E-state index contributed by atoms with van der Waals surface area (Å²) in [7, 11) is -3.80. The van der Waals surface area contributed by atoms with E-state index in [4.69, 9.17) is 0 Å². The van der Waals surface area contributed by atoms with Gasteiger partial charge in [-0.25, -0.2) is 17.5 Å². The van der Waals surface area contributed by atoms with Crippen LogP contribution in [0.3, 0.4) is 0 Å². The molecule has 7 nitrogen and oxygen atoms in total.